The summed E-state index contributed by atoms with van der Waals surface area (Å²) in [6.07, 6.45) is 5.18. The van der Waals surface area contributed by atoms with Crippen LogP contribution < -0.4 is 10.1 Å². The Morgan fingerprint density at radius 1 is 1.21 bits per heavy atom. The molecule has 0 saturated carbocycles. The molecule has 0 unspecified atom stereocenters. The summed E-state index contributed by atoms with van der Waals surface area (Å²) in [5, 5.41) is 3.51. The average Bonchev–Trinajstić information content (AvgIpc) is 3.11. The molecule has 1 atom stereocenters. The van der Waals surface area contributed by atoms with E-state index in [0.29, 0.717) is 34.9 Å². The molecule has 1 N–H and O–H groups in total. The van der Waals surface area contributed by atoms with Gasteiger partial charge in [0.15, 0.2) is 0 Å². The number of fused-ring (bicyclic) bond motifs is 1. The number of halogens is 2. The lowest BCUT2D eigenvalue weighted by atomic mass is 10.0. The Morgan fingerprint density at radius 2 is 1.96 bits per heavy atom. The van der Waals surface area contributed by atoms with E-state index in [1.54, 1.807) is 24.5 Å². The molecule has 7 heteroatoms. The molecule has 0 bridgehead atoms. The third kappa shape index (κ3) is 4.12. The number of aromatic nitrogens is 2. The maximum atomic E-state index is 14.0. The van der Waals surface area contributed by atoms with Crippen molar-refractivity contribution in [3.05, 3.63) is 77.1 Å². The Kier molecular flexibility index (Phi) is 5.21. The van der Waals surface area contributed by atoms with E-state index >= 15 is 0 Å². The molecule has 142 valence electrons. The minimum absolute atomic E-state index is 0.107. The van der Waals surface area contributed by atoms with E-state index in [2.05, 4.69) is 15.3 Å². The molecule has 0 fully saturated rings. The van der Waals surface area contributed by atoms with Crippen LogP contribution in [0.4, 0.5) is 4.39 Å². The normalized spacial score (nSPS) is 15.0. The molecule has 1 aromatic heterocycles. The number of hydrogen-bond acceptors (Lipinski definition) is 4. The van der Waals surface area contributed by atoms with E-state index in [9.17, 15) is 9.18 Å². The van der Waals surface area contributed by atoms with E-state index in [0.717, 1.165) is 11.1 Å². The van der Waals surface area contributed by atoms with Crippen LogP contribution in [0.25, 0.3) is 11.1 Å². The number of hydrogen-bond donors (Lipinski definition) is 1. The molecule has 5 nitrogen and oxygen atoms in total. The van der Waals surface area contributed by atoms with Gasteiger partial charge in [-0.25, -0.2) is 14.4 Å². The average molecular weight is 398 g/mol. The lowest BCUT2D eigenvalue weighted by Gasteiger charge is -2.13. The molecule has 0 radical (unpaired) electrons. The highest BCUT2D eigenvalue weighted by atomic mass is 35.5. The highest BCUT2D eigenvalue weighted by molar-refractivity contribution is 6.30. The molecule has 1 amide bonds. The molecule has 4 rings (SSSR count). The molecule has 0 aliphatic carbocycles. The fraction of sp³-hybridized carbons (Fsp3) is 0.190. The Hall–Kier alpha value is -2.99. The highest BCUT2D eigenvalue weighted by Crippen LogP contribution is 2.39. The molecule has 0 spiro atoms. The molecule has 1 aliphatic rings. The van der Waals surface area contributed by atoms with Crippen molar-refractivity contribution in [1.29, 1.82) is 0 Å². The number of carbonyl (C=O) groups excluding carboxylic acids is 1. The first-order valence-corrected chi connectivity index (χ1v) is 9.22. The molecule has 2 heterocycles. The molecule has 1 aliphatic heterocycles. The van der Waals surface area contributed by atoms with Gasteiger partial charge in [-0.15, -0.1) is 0 Å². The molecule has 28 heavy (non-hydrogen) atoms. The number of nitrogens with one attached hydrogen (secondary N) is 1. The summed E-state index contributed by atoms with van der Waals surface area (Å²) in [5.41, 5.74) is 2.96. The summed E-state index contributed by atoms with van der Waals surface area (Å²) in [6, 6.07) is 10.0. The lowest BCUT2D eigenvalue weighted by molar-refractivity contribution is -0.120. The summed E-state index contributed by atoms with van der Waals surface area (Å²) in [4.78, 5) is 20.2. The van der Waals surface area contributed by atoms with Crippen LogP contribution in [0, 0.1) is 5.82 Å². The van der Waals surface area contributed by atoms with Crippen LogP contribution in [0.1, 0.15) is 11.1 Å². The van der Waals surface area contributed by atoms with Gasteiger partial charge >= 0.3 is 0 Å². The monoisotopic (exact) mass is 397 g/mol. The van der Waals surface area contributed by atoms with Gasteiger partial charge in [0.2, 0.25) is 5.91 Å². The number of ether oxygens (including phenoxy) is 1. The summed E-state index contributed by atoms with van der Waals surface area (Å²) in [6.45, 7) is 0.341. The van der Waals surface area contributed by atoms with Crippen molar-refractivity contribution in [2.45, 2.75) is 18.9 Å². The van der Waals surface area contributed by atoms with E-state index in [1.165, 1.54) is 18.5 Å². The number of nitrogens with zero attached hydrogens (tertiary/aromatic N) is 2. The number of rotatable bonds is 5. The first-order valence-electron chi connectivity index (χ1n) is 8.84. The van der Waals surface area contributed by atoms with Gasteiger partial charge in [0.25, 0.3) is 0 Å². The Labute approximate surface area is 166 Å². The van der Waals surface area contributed by atoms with Crippen molar-refractivity contribution >= 4 is 17.5 Å². The minimum Gasteiger partial charge on any atom is -0.487 e. The van der Waals surface area contributed by atoms with Crippen molar-refractivity contribution < 1.29 is 13.9 Å². The largest absolute Gasteiger partial charge is 0.487 e. The van der Waals surface area contributed by atoms with Crippen molar-refractivity contribution in [3.8, 4) is 16.9 Å². The van der Waals surface area contributed by atoms with Gasteiger partial charge in [-0.1, -0.05) is 23.7 Å². The molecule has 3 aromatic rings. The van der Waals surface area contributed by atoms with Gasteiger partial charge in [-0.05, 0) is 29.8 Å². The topological polar surface area (TPSA) is 64.1 Å². The quantitative estimate of drug-likeness (QED) is 0.714. The molecule has 0 saturated heterocycles. The fourth-order valence-corrected chi connectivity index (χ4v) is 3.36. The van der Waals surface area contributed by atoms with Crippen molar-refractivity contribution in [2.24, 2.45) is 0 Å². The van der Waals surface area contributed by atoms with E-state index in [1.807, 2.05) is 12.1 Å². The maximum absolute atomic E-state index is 14.0. The second kappa shape index (κ2) is 7.94. The zero-order valence-corrected chi connectivity index (χ0v) is 15.6. The van der Waals surface area contributed by atoms with Gasteiger partial charge in [-0.2, -0.15) is 0 Å². The molecule has 2 aromatic carbocycles. The van der Waals surface area contributed by atoms with Gasteiger partial charge in [0.1, 0.15) is 24.0 Å². The van der Waals surface area contributed by atoms with Crippen LogP contribution in [-0.4, -0.2) is 28.5 Å². The Balaban J connectivity index is 1.41. The van der Waals surface area contributed by atoms with E-state index in [4.69, 9.17) is 16.3 Å². The zero-order chi connectivity index (χ0) is 19.5. The smallest absolute Gasteiger partial charge is 0.224 e. The fourth-order valence-electron chi connectivity index (χ4n) is 3.24. The highest BCUT2D eigenvalue weighted by Gasteiger charge is 2.27. The third-order valence-corrected chi connectivity index (χ3v) is 4.79. The Bertz CT molecular complexity index is 997. The number of benzene rings is 2. The second-order valence-electron chi connectivity index (χ2n) is 6.62. The standard InChI is InChI=1S/C21H17ClFN3O2/c22-16-3-1-13(2-4-16)5-20(27)26-11-18-7-14-6-17(23)8-19(21(14)28-18)15-9-24-12-25-10-15/h1-4,6,8-10,12,18H,5,7,11H2,(H,26,27)/t18-/m0/s1. The SMILES string of the molecule is O=C(Cc1ccc(Cl)cc1)NC[C@@H]1Cc2cc(F)cc(-c3cncnc3)c2O1. The first-order chi connectivity index (χ1) is 13.6. The molecular weight excluding hydrogens is 381 g/mol. The van der Waals surface area contributed by atoms with Crippen LogP contribution in [0.15, 0.2) is 55.1 Å². The van der Waals surface area contributed by atoms with Gasteiger partial charge in [0, 0.05) is 40.5 Å². The molecular formula is C21H17ClFN3O2. The first kappa shape index (κ1) is 18.4. The summed E-state index contributed by atoms with van der Waals surface area (Å²) < 4.78 is 20.1. The van der Waals surface area contributed by atoms with Gasteiger partial charge in [0.05, 0.1) is 13.0 Å². The van der Waals surface area contributed by atoms with Crippen LogP contribution in [0.3, 0.4) is 0 Å². The Morgan fingerprint density at radius 3 is 2.71 bits per heavy atom. The maximum Gasteiger partial charge on any atom is 0.224 e. The van der Waals surface area contributed by atoms with Crippen LogP contribution in [0.2, 0.25) is 5.02 Å². The second-order valence-corrected chi connectivity index (χ2v) is 7.06. The third-order valence-electron chi connectivity index (χ3n) is 4.54. The summed E-state index contributed by atoms with van der Waals surface area (Å²) >= 11 is 5.86. The van der Waals surface area contributed by atoms with Crippen LogP contribution in [0.5, 0.6) is 5.75 Å². The van der Waals surface area contributed by atoms with E-state index in [-0.39, 0.29) is 24.2 Å². The van der Waals surface area contributed by atoms with Gasteiger partial charge in [-0.3, -0.25) is 4.79 Å². The summed E-state index contributed by atoms with van der Waals surface area (Å²) in [5.74, 6) is 0.173. The van der Waals surface area contributed by atoms with Crippen molar-refractivity contribution in [3.63, 3.8) is 0 Å². The van der Waals surface area contributed by atoms with Crippen LogP contribution in [-0.2, 0) is 17.6 Å². The van der Waals surface area contributed by atoms with Crippen LogP contribution >= 0.6 is 11.6 Å². The zero-order valence-electron chi connectivity index (χ0n) is 14.9. The van der Waals surface area contributed by atoms with Crippen molar-refractivity contribution in [1.82, 2.24) is 15.3 Å². The predicted molar refractivity (Wildman–Crippen MR) is 104 cm³/mol. The van der Waals surface area contributed by atoms with E-state index < -0.39 is 0 Å². The minimum atomic E-state index is -0.339. The number of amides is 1. The van der Waals surface area contributed by atoms with Crippen molar-refractivity contribution in [2.75, 3.05) is 6.54 Å². The predicted octanol–water partition coefficient (Wildman–Crippen LogP) is 3.60. The van der Waals surface area contributed by atoms with Gasteiger partial charge < -0.3 is 10.1 Å². The lowest BCUT2D eigenvalue weighted by Crippen LogP contribution is -2.35. The summed E-state index contributed by atoms with van der Waals surface area (Å²) in [7, 11) is 0. The number of carbonyl (C=O) groups is 1.